The highest BCUT2D eigenvalue weighted by Gasteiger charge is 2.29. The number of hydrogen-bond donors (Lipinski definition) is 3. The number of rotatable bonds is 3. The van der Waals surface area contributed by atoms with Gasteiger partial charge in [0.1, 0.15) is 22.7 Å². The molecule has 1 amide bonds. The summed E-state index contributed by atoms with van der Waals surface area (Å²) >= 11 is 0. The number of aromatic nitrogens is 3. The second-order valence-electron chi connectivity index (χ2n) is 8.00. The third-order valence-corrected chi connectivity index (χ3v) is 6.13. The second kappa shape index (κ2) is 6.96. The van der Waals surface area contributed by atoms with Gasteiger partial charge in [-0.25, -0.2) is 9.97 Å². The third-order valence-electron chi connectivity index (χ3n) is 6.13. The lowest BCUT2D eigenvalue weighted by molar-refractivity contribution is 0.100. The van der Waals surface area contributed by atoms with Crippen LogP contribution in [0, 0.1) is 5.92 Å². The smallest absolute Gasteiger partial charge is 0.254 e. The van der Waals surface area contributed by atoms with E-state index in [0.29, 0.717) is 23.5 Å². The molecule has 1 saturated carbocycles. The van der Waals surface area contributed by atoms with Crippen molar-refractivity contribution in [2.45, 2.75) is 58.3 Å². The number of hydrogen-bond acceptors (Lipinski definition) is 5. The zero-order valence-electron chi connectivity index (χ0n) is 16.4. The summed E-state index contributed by atoms with van der Waals surface area (Å²) in [5.74, 6) is 0.311. The zero-order valence-corrected chi connectivity index (χ0v) is 16.4. The van der Waals surface area contributed by atoms with Gasteiger partial charge in [0, 0.05) is 23.1 Å². The van der Waals surface area contributed by atoms with Crippen molar-refractivity contribution < 1.29 is 9.90 Å². The van der Waals surface area contributed by atoms with E-state index in [1.807, 2.05) is 6.92 Å². The molecular weight excluding hydrogens is 354 g/mol. The molecule has 0 saturated heterocycles. The first-order chi connectivity index (χ1) is 13.4. The van der Waals surface area contributed by atoms with E-state index in [-0.39, 0.29) is 23.1 Å². The van der Waals surface area contributed by atoms with E-state index in [4.69, 9.17) is 16.5 Å². The Labute approximate surface area is 164 Å². The van der Waals surface area contributed by atoms with Gasteiger partial charge in [-0.2, -0.15) is 0 Å². The van der Waals surface area contributed by atoms with Gasteiger partial charge in [0.15, 0.2) is 5.65 Å². The molecule has 5 N–H and O–H groups in total. The maximum atomic E-state index is 12.2. The first kappa shape index (κ1) is 18.5. The molecule has 28 heavy (non-hydrogen) atoms. The number of nitrogens with zero attached hydrogens (tertiary/aromatic N) is 3. The Bertz CT molecular complexity index is 1010. The van der Waals surface area contributed by atoms with E-state index in [9.17, 15) is 9.90 Å². The molecule has 0 spiro atoms. The van der Waals surface area contributed by atoms with Crippen molar-refractivity contribution in [3.8, 4) is 0 Å². The standard InChI is InChI=1S/C21H27N5O2/c1-11-8-9-15(27)12(2)18(11)26-19(22)16(20(23)28)17-21(26)24-10-14(25-17)13-6-4-3-5-7-13/h9-11,13,27H,3-8,22H2,1-2H3,(H2,23,28)/t11-/m1/s1. The van der Waals surface area contributed by atoms with E-state index < -0.39 is 5.91 Å². The molecular formula is C21H27N5O2. The van der Waals surface area contributed by atoms with Gasteiger partial charge in [0.25, 0.3) is 5.91 Å². The number of primary amides is 1. The molecule has 0 aliphatic heterocycles. The highest BCUT2D eigenvalue weighted by molar-refractivity contribution is 6.10. The fourth-order valence-electron chi connectivity index (χ4n) is 4.60. The first-order valence-electron chi connectivity index (χ1n) is 9.97. The number of allylic oxidation sites excluding steroid dienone is 3. The first-order valence-corrected chi connectivity index (χ1v) is 9.97. The average molecular weight is 381 g/mol. The number of nitrogen functional groups attached to an aromatic ring is 1. The summed E-state index contributed by atoms with van der Waals surface area (Å²) < 4.78 is 1.75. The molecule has 2 heterocycles. The van der Waals surface area contributed by atoms with Crippen LogP contribution in [0.2, 0.25) is 0 Å². The molecule has 2 aliphatic carbocycles. The van der Waals surface area contributed by atoms with Crippen molar-refractivity contribution in [3.63, 3.8) is 0 Å². The van der Waals surface area contributed by atoms with Crippen LogP contribution in [0.1, 0.15) is 74.3 Å². The van der Waals surface area contributed by atoms with Crippen LogP contribution in [0.15, 0.2) is 23.6 Å². The molecule has 1 fully saturated rings. The normalized spacial score (nSPS) is 21.2. The van der Waals surface area contributed by atoms with Crippen LogP contribution in [0.3, 0.4) is 0 Å². The SMILES string of the molecule is CC1=C(n2c(N)c(C(N)=O)c3nc(C4CCCCC4)cnc32)[C@H](C)CC=C1O. The van der Waals surface area contributed by atoms with Gasteiger partial charge >= 0.3 is 0 Å². The van der Waals surface area contributed by atoms with E-state index in [0.717, 1.165) is 29.8 Å². The molecule has 0 aromatic carbocycles. The van der Waals surface area contributed by atoms with Crippen LogP contribution in [0.25, 0.3) is 16.9 Å². The van der Waals surface area contributed by atoms with Gasteiger partial charge in [0.2, 0.25) is 0 Å². The van der Waals surface area contributed by atoms with E-state index in [1.54, 1.807) is 16.8 Å². The van der Waals surface area contributed by atoms with E-state index >= 15 is 0 Å². The Morgan fingerprint density at radius 2 is 2.00 bits per heavy atom. The predicted octanol–water partition coefficient (Wildman–Crippen LogP) is 3.87. The summed E-state index contributed by atoms with van der Waals surface area (Å²) in [5.41, 5.74) is 15.7. The molecule has 148 valence electrons. The Kier molecular flexibility index (Phi) is 4.61. The van der Waals surface area contributed by atoms with Gasteiger partial charge in [-0.3, -0.25) is 9.36 Å². The van der Waals surface area contributed by atoms with Gasteiger partial charge in [0.05, 0.1) is 11.9 Å². The number of anilines is 1. The molecule has 2 aromatic heterocycles. The minimum atomic E-state index is -0.613. The van der Waals surface area contributed by atoms with Gasteiger partial charge in [-0.15, -0.1) is 0 Å². The van der Waals surface area contributed by atoms with Crippen molar-refractivity contribution in [1.82, 2.24) is 14.5 Å². The maximum absolute atomic E-state index is 12.2. The molecule has 2 aromatic rings. The van der Waals surface area contributed by atoms with Gasteiger partial charge in [-0.1, -0.05) is 26.2 Å². The number of nitrogens with two attached hydrogens (primary N) is 2. The number of aliphatic hydroxyl groups excluding tert-OH is 1. The Balaban J connectivity index is 1.95. The van der Waals surface area contributed by atoms with Crippen LogP contribution in [-0.4, -0.2) is 25.5 Å². The molecule has 4 rings (SSSR count). The highest BCUT2D eigenvalue weighted by Crippen LogP contribution is 2.39. The van der Waals surface area contributed by atoms with E-state index in [1.165, 1.54) is 19.3 Å². The van der Waals surface area contributed by atoms with E-state index in [2.05, 4.69) is 11.9 Å². The van der Waals surface area contributed by atoms with Crippen LogP contribution in [-0.2, 0) is 0 Å². The molecule has 0 bridgehead atoms. The molecule has 0 radical (unpaired) electrons. The minimum Gasteiger partial charge on any atom is -0.508 e. The van der Waals surface area contributed by atoms with Crippen molar-refractivity contribution >= 4 is 28.6 Å². The van der Waals surface area contributed by atoms with Gasteiger partial charge in [-0.05, 0) is 32.3 Å². The van der Waals surface area contributed by atoms with Crippen LogP contribution >= 0.6 is 0 Å². The monoisotopic (exact) mass is 381 g/mol. The highest BCUT2D eigenvalue weighted by atomic mass is 16.3. The van der Waals surface area contributed by atoms with Crippen molar-refractivity contribution in [1.29, 1.82) is 0 Å². The van der Waals surface area contributed by atoms with Gasteiger partial charge < -0.3 is 16.6 Å². The summed E-state index contributed by atoms with van der Waals surface area (Å²) in [7, 11) is 0. The maximum Gasteiger partial charge on any atom is 0.254 e. The molecule has 2 aliphatic rings. The number of amides is 1. The Hall–Kier alpha value is -2.83. The fourth-order valence-corrected chi connectivity index (χ4v) is 4.60. The summed E-state index contributed by atoms with van der Waals surface area (Å²) in [6, 6.07) is 0. The molecule has 1 atom stereocenters. The summed E-state index contributed by atoms with van der Waals surface area (Å²) in [4.78, 5) is 21.7. The minimum absolute atomic E-state index is 0.106. The average Bonchev–Trinajstić information content (AvgIpc) is 2.97. The lowest BCUT2D eigenvalue weighted by Crippen LogP contribution is -2.17. The van der Waals surface area contributed by atoms with Crippen molar-refractivity contribution in [2.75, 3.05) is 5.73 Å². The topological polar surface area (TPSA) is 120 Å². The van der Waals surface area contributed by atoms with Crippen LogP contribution in [0.4, 0.5) is 5.82 Å². The summed E-state index contributed by atoms with van der Waals surface area (Å²) in [6.07, 6.45) is 10.1. The van der Waals surface area contributed by atoms with Crippen LogP contribution in [0.5, 0.6) is 0 Å². The third kappa shape index (κ3) is 2.85. The fraction of sp³-hybridized carbons (Fsp3) is 0.476. The lowest BCUT2D eigenvalue weighted by Gasteiger charge is -2.25. The molecule has 7 heteroatoms. The van der Waals surface area contributed by atoms with Crippen molar-refractivity contribution in [3.05, 3.63) is 34.9 Å². The largest absolute Gasteiger partial charge is 0.508 e. The lowest BCUT2D eigenvalue weighted by atomic mass is 9.87. The molecule has 0 unspecified atom stereocenters. The summed E-state index contributed by atoms with van der Waals surface area (Å²) in [6.45, 7) is 3.90. The number of fused-ring (bicyclic) bond motifs is 1. The second-order valence-corrected chi connectivity index (χ2v) is 8.00. The number of carbonyl (C=O) groups is 1. The quantitative estimate of drug-likeness (QED) is 0.745. The Morgan fingerprint density at radius 3 is 2.68 bits per heavy atom. The molecule has 7 nitrogen and oxygen atoms in total. The number of carbonyl (C=O) groups excluding carboxylic acids is 1. The summed E-state index contributed by atoms with van der Waals surface area (Å²) in [5, 5.41) is 10.2. The predicted molar refractivity (Wildman–Crippen MR) is 110 cm³/mol. The Morgan fingerprint density at radius 1 is 1.29 bits per heavy atom. The van der Waals surface area contributed by atoms with Crippen molar-refractivity contribution in [2.24, 2.45) is 11.7 Å². The zero-order chi connectivity index (χ0) is 20.0. The van der Waals surface area contributed by atoms with Crippen LogP contribution < -0.4 is 11.5 Å². The number of aliphatic hydroxyl groups is 1.